The zero-order valence-electron chi connectivity index (χ0n) is 7.27. The van der Waals surface area contributed by atoms with E-state index < -0.39 is 0 Å². The Bertz CT molecular complexity index is 235. The van der Waals surface area contributed by atoms with Crippen molar-refractivity contribution >= 4 is 5.71 Å². The molecule has 0 radical (unpaired) electrons. The monoisotopic (exact) mass is 166 g/mol. The van der Waals surface area contributed by atoms with Crippen LogP contribution in [0.2, 0.25) is 0 Å². The van der Waals surface area contributed by atoms with E-state index in [1.165, 1.54) is 0 Å². The van der Waals surface area contributed by atoms with Crippen molar-refractivity contribution in [2.45, 2.75) is 6.42 Å². The molecular formula is C9H14N2O. The number of aliphatic hydroxyl groups is 1. The van der Waals surface area contributed by atoms with Crippen LogP contribution in [0.5, 0.6) is 0 Å². The van der Waals surface area contributed by atoms with Crippen LogP contribution in [0, 0.1) is 11.8 Å². The molecule has 3 heteroatoms. The van der Waals surface area contributed by atoms with Crippen LogP contribution in [-0.2, 0) is 0 Å². The van der Waals surface area contributed by atoms with Gasteiger partial charge in [0.25, 0.3) is 0 Å². The molecule has 3 nitrogen and oxygen atoms in total. The number of hydrogen-bond donors (Lipinski definition) is 1. The Morgan fingerprint density at radius 2 is 2.58 bits per heavy atom. The third-order valence-electron chi connectivity index (χ3n) is 2.48. The van der Waals surface area contributed by atoms with Crippen LogP contribution >= 0.6 is 0 Å². The van der Waals surface area contributed by atoms with Crippen molar-refractivity contribution in [3.63, 3.8) is 0 Å². The Labute approximate surface area is 72.4 Å². The highest BCUT2D eigenvalue weighted by molar-refractivity contribution is 5.99. The highest BCUT2D eigenvalue weighted by atomic mass is 16.3. The summed E-state index contributed by atoms with van der Waals surface area (Å²) in [4.78, 5) is 0. The van der Waals surface area contributed by atoms with Gasteiger partial charge in [0.05, 0.1) is 12.3 Å². The first-order valence-electron chi connectivity index (χ1n) is 4.38. The van der Waals surface area contributed by atoms with Crippen molar-refractivity contribution in [2.24, 2.45) is 16.9 Å². The third kappa shape index (κ3) is 1.37. The van der Waals surface area contributed by atoms with Crippen molar-refractivity contribution in [2.75, 3.05) is 20.2 Å². The summed E-state index contributed by atoms with van der Waals surface area (Å²) in [5, 5.41) is 15.2. The predicted octanol–water partition coefficient (Wildman–Crippen LogP) is 0.472. The second-order valence-corrected chi connectivity index (χ2v) is 3.55. The molecule has 1 fully saturated rings. The second-order valence-electron chi connectivity index (χ2n) is 3.55. The maximum absolute atomic E-state index is 8.88. The third-order valence-corrected chi connectivity index (χ3v) is 2.48. The molecule has 2 aliphatic rings. The fourth-order valence-corrected chi connectivity index (χ4v) is 1.61. The molecule has 0 bridgehead atoms. The summed E-state index contributed by atoms with van der Waals surface area (Å²) in [5.41, 5.74) is 1.14. The number of hydrazone groups is 1. The van der Waals surface area contributed by atoms with Crippen LogP contribution in [0.25, 0.3) is 0 Å². The normalized spacial score (nSPS) is 33.5. The molecule has 12 heavy (non-hydrogen) atoms. The molecule has 0 aromatic heterocycles. The summed E-state index contributed by atoms with van der Waals surface area (Å²) < 4.78 is 0. The molecular weight excluding hydrogens is 152 g/mol. The summed E-state index contributed by atoms with van der Waals surface area (Å²) in [6.07, 6.45) is 5.31. The number of rotatable bonds is 2. The van der Waals surface area contributed by atoms with Gasteiger partial charge in [0.2, 0.25) is 0 Å². The zero-order valence-corrected chi connectivity index (χ0v) is 7.27. The van der Waals surface area contributed by atoms with E-state index in [2.05, 4.69) is 17.3 Å². The molecule has 1 N–H and O–H groups in total. The fourth-order valence-electron chi connectivity index (χ4n) is 1.61. The van der Waals surface area contributed by atoms with E-state index in [0.29, 0.717) is 18.4 Å². The second kappa shape index (κ2) is 2.90. The van der Waals surface area contributed by atoms with E-state index in [9.17, 15) is 0 Å². The van der Waals surface area contributed by atoms with Crippen molar-refractivity contribution in [3.05, 3.63) is 12.2 Å². The standard InChI is InChI=1S/C9H14N2O/c1-11-4-2-3-9(10-11)8-5-7(8)6-12/h2-3,7-8,12H,4-6H2,1H3/t7-,8+/m1/s1. The number of likely N-dealkylation sites (N-methyl/N-ethyl adjacent to an activating group) is 1. The van der Waals surface area contributed by atoms with Gasteiger partial charge >= 0.3 is 0 Å². The molecule has 0 amide bonds. The number of aliphatic hydroxyl groups excluding tert-OH is 1. The molecule has 1 heterocycles. The molecule has 1 aliphatic carbocycles. The zero-order chi connectivity index (χ0) is 8.55. The van der Waals surface area contributed by atoms with Crippen molar-refractivity contribution in [3.8, 4) is 0 Å². The van der Waals surface area contributed by atoms with E-state index in [1.807, 2.05) is 12.1 Å². The van der Waals surface area contributed by atoms with Gasteiger partial charge in [0, 0.05) is 19.6 Å². The van der Waals surface area contributed by atoms with E-state index in [4.69, 9.17) is 5.11 Å². The van der Waals surface area contributed by atoms with Crippen molar-refractivity contribution in [1.82, 2.24) is 5.01 Å². The van der Waals surface area contributed by atoms with Crippen LogP contribution in [0.1, 0.15) is 6.42 Å². The van der Waals surface area contributed by atoms with Gasteiger partial charge in [-0.2, -0.15) is 5.10 Å². The van der Waals surface area contributed by atoms with Gasteiger partial charge in [-0.1, -0.05) is 6.08 Å². The number of allylic oxidation sites excluding steroid dienone is 1. The van der Waals surface area contributed by atoms with E-state index in [1.54, 1.807) is 0 Å². The molecule has 1 aliphatic heterocycles. The molecule has 0 saturated heterocycles. The van der Waals surface area contributed by atoms with E-state index in [-0.39, 0.29) is 0 Å². The average Bonchev–Trinajstić information content (AvgIpc) is 2.83. The molecule has 2 atom stereocenters. The van der Waals surface area contributed by atoms with Crippen LogP contribution in [0.15, 0.2) is 17.3 Å². The molecule has 0 spiro atoms. The quantitative estimate of drug-likeness (QED) is 0.647. The van der Waals surface area contributed by atoms with Crippen LogP contribution in [-0.4, -0.2) is 36.0 Å². The summed E-state index contributed by atoms with van der Waals surface area (Å²) in [6, 6.07) is 0. The SMILES string of the molecule is CN1CC=CC([C@H]2C[C@@H]2CO)=N1. The van der Waals surface area contributed by atoms with E-state index in [0.717, 1.165) is 18.7 Å². The lowest BCUT2D eigenvalue weighted by Gasteiger charge is -2.16. The Morgan fingerprint density at radius 1 is 1.75 bits per heavy atom. The molecule has 2 rings (SSSR count). The summed E-state index contributed by atoms with van der Waals surface area (Å²) in [5.74, 6) is 0.994. The van der Waals surface area contributed by atoms with Gasteiger partial charge < -0.3 is 5.11 Å². The van der Waals surface area contributed by atoms with Crippen LogP contribution < -0.4 is 0 Å². The number of nitrogens with zero attached hydrogens (tertiary/aromatic N) is 2. The first kappa shape index (κ1) is 7.80. The van der Waals surface area contributed by atoms with Gasteiger partial charge in [-0.15, -0.1) is 0 Å². The lowest BCUT2D eigenvalue weighted by Crippen LogP contribution is -2.19. The van der Waals surface area contributed by atoms with Gasteiger partial charge in [-0.25, -0.2) is 0 Å². The molecule has 66 valence electrons. The minimum Gasteiger partial charge on any atom is -0.396 e. The maximum Gasteiger partial charge on any atom is 0.0637 e. The smallest absolute Gasteiger partial charge is 0.0637 e. The Balaban J connectivity index is 2.00. The largest absolute Gasteiger partial charge is 0.396 e. The lowest BCUT2D eigenvalue weighted by molar-refractivity contribution is 0.273. The lowest BCUT2D eigenvalue weighted by atomic mass is 10.2. The summed E-state index contributed by atoms with van der Waals surface area (Å²) >= 11 is 0. The minimum absolute atomic E-state index is 0.307. The van der Waals surface area contributed by atoms with Crippen molar-refractivity contribution in [1.29, 1.82) is 0 Å². The maximum atomic E-state index is 8.88. The molecule has 0 aromatic carbocycles. The fraction of sp³-hybridized carbons (Fsp3) is 0.667. The Hall–Kier alpha value is -0.830. The summed E-state index contributed by atoms with van der Waals surface area (Å²) in [6.45, 7) is 1.21. The van der Waals surface area contributed by atoms with Crippen LogP contribution in [0.4, 0.5) is 0 Å². The molecule has 0 unspecified atom stereocenters. The Morgan fingerprint density at radius 3 is 3.17 bits per heavy atom. The number of hydrogen-bond acceptors (Lipinski definition) is 3. The highest BCUT2D eigenvalue weighted by Crippen LogP contribution is 2.39. The summed E-state index contributed by atoms with van der Waals surface area (Å²) in [7, 11) is 1.97. The first-order valence-corrected chi connectivity index (χ1v) is 4.38. The van der Waals surface area contributed by atoms with Gasteiger partial charge in [0.1, 0.15) is 0 Å². The Kier molecular flexibility index (Phi) is 1.89. The van der Waals surface area contributed by atoms with Crippen molar-refractivity contribution < 1.29 is 5.11 Å². The van der Waals surface area contributed by atoms with Gasteiger partial charge in [-0.3, -0.25) is 5.01 Å². The van der Waals surface area contributed by atoms with Gasteiger partial charge in [-0.05, 0) is 18.4 Å². The molecule has 0 aromatic rings. The van der Waals surface area contributed by atoms with E-state index >= 15 is 0 Å². The average molecular weight is 166 g/mol. The molecule has 1 saturated carbocycles. The first-order chi connectivity index (χ1) is 5.81. The minimum atomic E-state index is 0.307. The van der Waals surface area contributed by atoms with Crippen LogP contribution in [0.3, 0.4) is 0 Å². The predicted molar refractivity (Wildman–Crippen MR) is 47.9 cm³/mol. The van der Waals surface area contributed by atoms with Gasteiger partial charge in [0.15, 0.2) is 0 Å². The topological polar surface area (TPSA) is 35.8 Å². The highest BCUT2D eigenvalue weighted by Gasteiger charge is 2.40.